The SMILES string of the molecule is CC1=CN2C(=O)c3cc(O)c(OCCCCCOc4cc5c(cc4O)C(=O)N4C=C(C)CC4C(O)N5C)cc3N=CC2C1. The van der Waals surface area contributed by atoms with Crippen molar-refractivity contribution >= 4 is 29.4 Å². The van der Waals surface area contributed by atoms with E-state index in [2.05, 4.69) is 4.99 Å². The zero-order valence-corrected chi connectivity index (χ0v) is 24.5. The molecular formula is C32H36N4O7. The van der Waals surface area contributed by atoms with Crippen LogP contribution in [-0.2, 0) is 0 Å². The van der Waals surface area contributed by atoms with Gasteiger partial charge in [-0.1, -0.05) is 11.1 Å². The van der Waals surface area contributed by atoms with Crippen LogP contribution in [0.3, 0.4) is 0 Å². The summed E-state index contributed by atoms with van der Waals surface area (Å²) >= 11 is 0. The zero-order chi connectivity index (χ0) is 30.4. The largest absolute Gasteiger partial charge is 0.504 e. The Kier molecular flexibility index (Phi) is 7.51. The van der Waals surface area contributed by atoms with Crippen LogP contribution in [-0.4, -0.2) is 81.7 Å². The molecule has 0 aliphatic carbocycles. The molecule has 226 valence electrons. The number of aliphatic imine (C=N–C) groups is 1. The van der Waals surface area contributed by atoms with Gasteiger partial charge in [-0.2, -0.15) is 0 Å². The number of carbonyl (C=O) groups excluding carboxylic acids is 2. The van der Waals surface area contributed by atoms with Gasteiger partial charge in [0.15, 0.2) is 23.0 Å². The number of rotatable bonds is 8. The number of fused-ring (bicyclic) bond motifs is 4. The van der Waals surface area contributed by atoms with Crippen molar-refractivity contribution in [3.63, 3.8) is 0 Å². The van der Waals surface area contributed by atoms with Crippen LogP contribution >= 0.6 is 0 Å². The van der Waals surface area contributed by atoms with E-state index in [1.165, 1.54) is 12.1 Å². The molecule has 43 heavy (non-hydrogen) atoms. The fraction of sp³-hybridized carbons (Fsp3) is 0.406. The number of unbranched alkanes of at least 4 members (excludes halogenated alkanes) is 2. The van der Waals surface area contributed by atoms with E-state index in [-0.39, 0.29) is 46.9 Å². The predicted molar refractivity (Wildman–Crippen MR) is 160 cm³/mol. The van der Waals surface area contributed by atoms with Crippen LogP contribution in [0.5, 0.6) is 23.0 Å². The van der Waals surface area contributed by atoms with Crippen molar-refractivity contribution in [3.8, 4) is 23.0 Å². The third kappa shape index (κ3) is 5.29. The van der Waals surface area contributed by atoms with Crippen molar-refractivity contribution < 1.29 is 34.4 Å². The summed E-state index contributed by atoms with van der Waals surface area (Å²) in [6.45, 7) is 4.58. The lowest BCUT2D eigenvalue weighted by Gasteiger charge is -2.30. The molecule has 3 unspecified atom stereocenters. The Balaban J connectivity index is 1.01. The second kappa shape index (κ2) is 11.3. The highest BCUT2D eigenvalue weighted by atomic mass is 16.5. The van der Waals surface area contributed by atoms with Gasteiger partial charge in [-0.25, -0.2) is 0 Å². The van der Waals surface area contributed by atoms with Crippen molar-refractivity contribution in [2.45, 2.75) is 64.3 Å². The second-order valence-corrected chi connectivity index (χ2v) is 11.7. The zero-order valence-electron chi connectivity index (χ0n) is 24.5. The summed E-state index contributed by atoms with van der Waals surface area (Å²) in [5.41, 5.74) is 3.73. The van der Waals surface area contributed by atoms with E-state index in [1.807, 2.05) is 20.0 Å². The van der Waals surface area contributed by atoms with E-state index in [4.69, 9.17) is 9.47 Å². The van der Waals surface area contributed by atoms with Gasteiger partial charge in [0.2, 0.25) is 0 Å². The van der Waals surface area contributed by atoms with Crippen LogP contribution in [0.15, 0.2) is 52.8 Å². The molecule has 2 amide bonds. The third-order valence-electron chi connectivity index (χ3n) is 8.39. The fourth-order valence-corrected chi connectivity index (χ4v) is 6.10. The Morgan fingerprint density at radius 3 is 2.16 bits per heavy atom. The Labute approximate surface area is 249 Å². The fourth-order valence-electron chi connectivity index (χ4n) is 6.10. The van der Waals surface area contributed by atoms with Crippen molar-refractivity contribution in [3.05, 3.63) is 58.9 Å². The Morgan fingerprint density at radius 2 is 1.44 bits per heavy atom. The molecule has 2 aromatic rings. The van der Waals surface area contributed by atoms with Gasteiger partial charge in [-0.3, -0.25) is 14.6 Å². The number of phenols is 2. The van der Waals surface area contributed by atoms with Crippen molar-refractivity contribution in [2.75, 3.05) is 25.2 Å². The molecule has 3 N–H and O–H groups in total. The number of aliphatic hydroxyl groups is 1. The highest BCUT2D eigenvalue weighted by Gasteiger charge is 2.41. The molecule has 4 aliphatic heterocycles. The number of carbonyl (C=O) groups is 2. The maximum atomic E-state index is 13.2. The monoisotopic (exact) mass is 588 g/mol. The lowest BCUT2D eigenvalue weighted by molar-refractivity contribution is 0.0590. The maximum absolute atomic E-state index is 13.2. The van der Waals surface area contributed by atoms with Gasteiger partial charge in [0.1, 0.15) is 6.23 Å². The second-order valence-electron chi connectivity index (χ2n) is 11.7. The number of nitrogens with zero attached hydrogens (tertiary/aromatic N) is 4. The standard InChI is InChI=1S/C32H36N4O7/c1-18-9-20-15-33-23-13-28(26(37)11-21(23)30(39)35(20)16-18)42-7-5-4-6-8-43-29-14-24-22(12-27(29)38)31(40)36-17-19(2)10-25(36)32(41)34(24)3/h11-17,20,25,32,37-38,41H,4-10H2,1-3H3. The van der Waals surface area contributed by atoms with Gasteiger partial charge >= 0.3 is 0 Å². The molecule has 2 aromatic carbocycles. The predicted octanol–water partition coefficient (Wildman–Crippen LogP) is 4.45. The van der Waals surface area contributed by atoms with Crippen LogP contribution in [0.25, 0.3) is 0 Å². The van der Waals surface area contributed by atoms with E-state index in [1.54, 1.807) is 46.3 Å². The number of anilines is 1. The average molecular weight is 589 g/mol. The summed E-state index contributed by atoms with van der Waals surface area (Å²) in [5, 5.41) is 32.1. The maximum Gasteiger partial charge on any atom is 0.260 e. The molecule has 4 heterocycles. The number of amides is 2. The Morgan fingerprint density at radius 1 is 0.837 bits per heavy atom. The normalized spacial score (nSPS) is 22.3. The lowest BCUT2D eigenvalue weighted by Crippen LogP contribution is -2.46. The van der Waals surface area contributed by atoms with Gasteiger partial charge < -0.3 is 39.5 Å². The summed E-state index contributed by atoms with van der Waals surface area (Å²) in [5.74, 6) is -0.194. The van der Waals surface area contributed by atoms with Crippen molar-refractivity contribution in [1.29, 1.82) is 0 Å². The summed E-state index contributed by atoms with van der Waals surface area (Å²) in [6.07, 6.45) is 7.90. The summed E-state index contributed by atoms with van der Waals surface area (Å²) in [6, 6.07) is 5.52. The summed E-state index contributed by atoms with van der Waals surface area (Å²) in [4.78, 5) is 35.5. The number of hydrogen-bond donors (Lipinski definition) is 3. The highest BCUT2D eigenvalue weighted by Crippen LogP contribution is 2.41. The molecular weight excluding hydrogens is 552 g/mol. The van der Waals surface area contributed by atoms with Gasteiger partial charge in [0.25, 0.3) is 11.8 Å². The number of likely N-dealkylation sites (N-methyl/N-ethyl adjacent to an activating group) is 1. The van der Waals surface area contributed by atoms with Gasteiger partial charge in [-0.05, 0) is 58.1 Å². The number of hydrogen-bond acceptors (Lipinski definition) is 9. The minimum absolute atomic E-state index is 0.108. The average Bonchev–Trinajstić information content (AvgIpc) is 3.52. The molecule has 11 heteroatoms. The molecule has 3 atom stereocenters. The van der Waals surface area contributed by atoms with Crippen molar-refractivity contribution in [1.82, 2.24) is 9.80 Å². The molecule has 0 spiro atoms. The highest BCUT2D eigenvalue weighted by molar-refractivity contribution is 6.04. The summed E-state index contributed by atoms with van der Waals surface area (Å²) < 4.78 is 11.7. The van der Waals surface area contributed by atoms with E-state index >= 15 is 0 Å². The first-order valence-corrected chi connectivity index (χ1v) is 14.6. The topological polar surface area (TPSA) is 135 Å². The van der Waals surface area contributed by atoms with E-state index in [0.717, 1.165) is 24.0 Å². The first-order valence-electron chi connectivity index (χ1n) is 14.6. The van der Waals surface area contributed by atoms with Gasteiger partial charge in [0, 0.05) is 37.8 Å². The molecule has 0 radical (unpaired) electrons. The van der Waals surface area contributed by atoms with Crippen LogP contribution in [0.4, 0.5) is 11.4 Å². The molecule has 6 rings (SSSR count). The van der Waals surface area contributed by atoms with E-state index in [0.29, 0.717) is 55.0 Å². The number of benzene rings is 2. The number of phenolic OH excluding ortho intramolecular Hbond substituents is 2. The Bertz CT molecular complexity index is 1570. The van der Waals surface area contributed by atoms with Gasteiger partial charge in [-0.15, -0.1) is 0 Å². The molecule has 4 aliphatic rings. The van der Waals surface area contributed by atoms with E-state index < -0.39 is 6.23 Å². The van der Waals surface area contributed by atoms with Crippen LogP contribution < -0.4 is 14.4 Å². The first-order chi connectivity index (χ1) is 20.6. The van der Waals surface area contributed by atoms with E-state index in [9.17, 15) is 24.9 Å². The molecule has 0 bridgehead atoms. The van der Waals surface area contributed by atoms with Crippen molar-refractivity contribution in [2.24, 2.45) is 4.99 Å². The minimum atomic E-state index is -0.901. The lowest BCUT2D eigenvalue weighted by atomic mass is 10.1. The molecule has 0 aromatic heterocycles. The molecule has 0 fully saturated rings. The summed E-state index contributed by atoms with van der Waals surface area (Å²) in [7, 11) is 1.72. The smallest absolute Gasteiger partial charge is 0.260 e. The molecule has 0 saturated carbocycles. The number of ether oxygens (including phenoxy) is 2. The van der Waals surface area contributed by atoms with Gasteiger partial charge in [0.05, 0.1) is 47.8 Å². The third-order valence-corrected chi connectivity index (χ3v) is 8.39. The molecule has 11 nitrogen and oxygen atoms in total. The molecule has 0 saturated heterocycles. The van der Waals surface area contributed by atoms with Crippen LogP contribution in [0.2, 0.25) is 0 Å². The minimum Gasteiger partial charge on any atom is -0.504 e. The first kappa shape index (κ1) is 28.6. The number of aliphatic hydroxyl groups excluding tert-OH is 1. The number of aromatic hydroxyl groups is 2. The Hall–Kier alpha value is -4.51. The quantitative estimate of drug-likeness (QED) is 0.385. The van der Waals surface area contributed by atoms with Crippen LogP contribution in [0, 0.1) is 0 Å². The van der Waals surface area contributed by atoms with Crippen LogP contribution in [0.1, 0.15) is 66.7 Å².